The number of imide groups is 1. The minimum atomic E-state index is -3.41. The van der Waals surface area contributed by atoms with Crippen LogP contribution in [0.1, 0.15) is 12.0 Å². The van der Waals surface area contributed by atoms with E-state index < -0.39 is 22.0 Å². The van der Waals surface area contributed by atoms with Gasteiger partial charge in [0.15, 0.2) is 0 Å². The van der Waals surface area contributed by atoms with Crippen LogP contribution in [-0.2, 0) is 21.2 Å². The Morgan fingerprint density at radius 3 is 2.53 bits per heavy atom. The van der Waals surface area contributed by atoms with E-state index in [0.717, 1.165) is 23.9 Å². The van der Waals surface area contributed by atoms with E-state index in [-0.39, 0.29) is 6.54 Å². The highest BCUT2D eigenvalue weighted by Gasteiger charge is 2.23. The molecule has 160 valence electrons. The average Bonchev–Trinajstić information content (AvgIpc) is 2.68. The molecule has 0 saturated carbocycles. The van der Waals surface area contributed by atoms with E-state index in [9.17, 15) is 18.0 Å². The molecule has 3 rings (SSSR count). The summed E-state index contributed by atoms with van der Waals surface area (Å²) in [6.45, 7) is 0.605. The minimum absolute atomic E-state index is 0.0225. The molecule has 0 bridgehead atoms. The summed E-state index contributed by atoms with van der Waals surface area (Å²) in [6, 6.07) is 11.4. The molecule has 2 aromatic carbocycles. The SMILES string of the molecule is COc1ccc(NC(=O)NC(=O)CN2CCCc3c(NS(C)(=O)=O)cccc32)cc1. The number of hydrogen-bond acceptors (Lipinski definition) is 6. The van der Waals surface area contributed by atoms with Crippen LogP contribution in [0.25, 0.3) is 0 Å². The number of ether oxygens (including phenoxy) is 1. The lowest BCUT2D eigenvalue weighted by molar-refractivity contribution is -0.118. The van der Waals surface area contributed by atoms with Crippen LogP contribution in [0, 0.1) is 0 Å². The fourth-order valence-corrected chi connectivity index (χ4v) is 3.93. The first kappa shape index (κ1) is 21.4. The monoisotopic (exact) mass is 432 g/mol. The summed E-state index contributed by atoms with van der Waals surface area (Å²) in [4.78, 5) is 26.3. The highest BCUT2D eigenvalue weighted by molar-refractivity contribution is 7.92. The zero-order chi connectivity index (χ0) is 21.7. The Morgan fingerprint density at radius 1 is 1.13 bits per heavy atom. The molecule has 0 fully saturated rings. The maximum absolute atomic E-state index is 12.4. The van der Waals surface area contributed by atoms with E-state index in [1.807, 2.05) is 11.0 Å². The molecular weight excluding hydrogens is 408 g/mol. The van der Waals surface area contributed by atoms with Crippen molar-refractivity contribution >= 4 is 39.0 Å². The van der Waals surface area contributed by atoms with Gasteiger partial charge >= 0.3 is 6.03 Å². The Labute approximate surface area is 175 Å². The number of benzene rings is 2. The quantitative estimate of drug-likeness (QED) is 0.644. The topological polar surface area (TPSA) is 117 Å². The molecule has 1 aliphatic rings. The summed E-state index contributed by atoms with van der Waals surface area (Å²) in [5, 5.41) is 4.91. The van der Waals surface area contributed by atoms with Gasteiger partial charge in [-0.15, -0.1) is 0 Å². The standard InChI is InChI=1S/C20H24N4O5S/c1-29-15-10-8-14(9-11-15)21-20(26)22-19(25)13-24-12-4-5-16-17(23-30(2,27)28)6-3-7-18(16)24/h3,6-11,23H,4-5,12-13H2,1-2H3,(H2,21,22,25,26). The van der Waals surface area contributed by atoms with E-state index in [1.165, 1.54) is 0 Å². The summed E-state index contributed by atoms with van der Waals surface area (Å²) < 4.78 is 30.8. The van der Waals surface area contributed by atoms with Crippen molar-refractivity contribution in [2.75, 3.05) is 41.4 Å². The number of nitrogens with one attached hydrogen (secondary N) is 3. The molecule has 10 heteroatoms. The predicted molar refractivity (Wildman–Crippen MR) is 116 cm³/mol. The molecule has 3 amide bonds. The molecular formula is C20H24N4O5S. The molecule has 0 atom stereocenters. The zero-order valence-electron chi connectivity index (χ0n) is 16.8. The molecule has 1 aliphatic heterocycles. The lowest BCUT2D eigenvalue weighted by Crippen LogP contribution is -2.43. The van der Waals surface area contributed by atoms with Crippen LogP contribution in [0.3, 0.4) is 0 Å². The maximum Gasteiger partial charge on any atom is 0.325 e. The molecule has 0 spiro atoms. The number of urea groups is 1. The van der Waals surface area contributed by atoms with Crippen LogP contribution >= 0.6 is 0 Å². The molecule has 0 unspecified atom stereocenters. The van der Waals surface area contributed by atoms with Crippen LogP contribution < -0.4 is 25.0 Å². The van der Waals surface area contributed by atoms with Gasteiger partial charge in [0.2, 0.25) is 15.9 Å². The number of rotatable bonds is 6. The predicted octanol–water partition coefficient (Wildman–Crippen LogP) is 2.17. The number of hydrogen-bond donors (Lipinski definition) is 3. The second kappa shape index (κ2) is 9.04. The van der Waals surface area contributed by atoms with Gasteiger partial charge in [-0.2, -0.15) is 0 Å². The van der Waals surface area contributed by atoms with Crippen LogP contribution in [-0.4, -0.2) is 46.8 Å². The van der Waals surface area contributed by atoms with Gasteiger partial charge in [-0.05, 0) is 54.8 Å². The summed E-state index contributed by atoms with van der Waals surface area (Å²) in [5.41, 5.74) is 2.66. The van der Waals surface area contributed by atoms with Crippen molar-refractivity contribution < 1.29 is 22.7 Å². The molecule has 0 saturated heterocycles. The average molecular weight is 433 g/mol. The van der Waals surface area contributed by atoms with Gasteiger partial charge in [0, 0.05) is 17.9 Å². The minimum Gasteiger partial charge on any atom is -0.497 e. The number of fused-ring (bicyclic) bond motifs is 1. The van der Waals surface area contributed by atoms with Crippen LogP contribution in [0.4, 0.5) is 21.9 Å². The first-order valence-corrected chi connectivity index (χ1v) is 11.2. The van der Waals surface area contributed by atoms with Gasteiger partial charge in [-0.25, -0.2) is 13.2 Å². The van der Waals surface area contributed by atoms with E-state index in [4.69, 9.17) is 4.74 Å². The summed E-state index contributed by atoms with van der Waals surface area (Å²) in [5.74, 6) is 0.195. The number of methoxy groups -OCH3 is 1. The summed E-state index contributed by atoms with van der Waals surface area (Å²) >= 11 is 0. The number of carbonyl (C=O) groups is 2. The number of anilines is 3. The third kappa shape index (κ3) is 5.63. The number of amides is 3. The molecule has 9 nitrogen and oxygen atoms in total. The van der Waals surface area contributed by atoms with Crippen molar-refractivity contribution in [1.29, 1.82) is 0 Å². The van der Waals surface area contributed by atoms with Crippen LogP contribution in [0.2, 0.25) is 0 Å². The maximum atomic E-state index is 12.4. The smallest absolute Gasteiger partial charge is 0.325 e. The normalized spacial score (nSPS) is 13.2. The van der Waals surface area contributed by atoms with Gasteiger partial charge in [0.05, 0.1) is 25.6 Å². The third-order valence-electron chi connectivity index (χ3n) is 4.58. The molecule has 1 heterocycles. The molecule has 0 aliphatic carbocycles. The molecule has 30 heavy (non-hydrogen) atoms. The van der Waals surface area contributed by atoms with Crippen LogP contribution in [0.5, 0.6) is 5.75 Å². The number of carbonyl (C=O) groups excluding carboxylic acids is 2. The largest absolute Gasteiger partial charge is 0.497 e. The zero-order valence-corrected chi connectivity index (χ0v) is 17.6. The van der Waals surface area contributed by atoms with Crippen molar-refractivity contribution in [3.05, 3.63) is 48.0 Å². The van der Waals surface area contributed by atoms with Gasteiger partial charge in [-0.3, -0.25) is 14.8 Å². The Hall–Kier alpha value is -3.27. The molecule has 2 aromatic rings. The molecule has 0 aromatic heterocycles. The first-order chi connectivity index (χ1) is 14.2. The van der Waals surface area contributed by atoms with E-state index in [0.29, 0.717) is 30.1 Å². The summed E-state index contributed by atoms with van der Waals surface area (Å²) in [7, 11) is -1.86. The fourth-order valence-electron chi connectivity index (χ4n) is 3.34. The van der Waals surface area contributed by atoms with Gasteiger partial charge in [0.25, 0.3) is 0 Å². The van der Waals surface area contributed by atoms with Gasteiger partial charge < -0.3 is 15.0 Å². The first-order valence-electron chi connectivity index (χ1n) is 9.34. The van der Waals surface area contributed by atoms with Crippen molar-refractivity contribution in [3.8, 4) is 5.75 Å². The second-order valence-corrected chi connectivity index (χ2v) is 8.68. The van der Waals surface area contributed by atoms with E-state index in [2.05, 4.69) is 15.4 Å². The van der Waals surface area contributed by atoms with Crippen molar-refractivity contribution in [3.63, 3.8) is 0 Å². The highest BCUT2D eigenvalue weighted by atomic mass is 32.2. The Morgan fingerprint density at radius 2 is 1.87 bits per heavy atom. The van der Waals surface area contributed by atoms with Gasteiger partial charge in [-0.1, -0.05) is 6.07 Å². The van der Waals surface area contributed by atoms with Crippen molar-refractivity contribution in [1.82, 2.24) is 5.32 Å². The third-order valence-corrected chi connectivity index (χ3v) is 5.17. The molecule has 3 N–H and O–H groups in total. The van der Waals surface area contributed by atoms with Gasteiger partial charge in [0.1, 0.15) is 5.75 Å². The van der Waals surface area contributed by atoms with E-state index >= 15 is 0 Å². The van der Waals surface area contributed by atoms with Crippen molar-refractivity contribution in [2.24, 2.45) is 0 Å². The Kier molecular flexibility index (Phi) is 6.46. The fraction of sp³-hybridized carbons (Fsp3) is 0.300. The number of sulfonamides is 1. The lowest BCUT2D eigenvalue weighted by atomic mass is 10.00. The lowest BCUT2D eigenvalue weighted by Gasteiger charge is -2.32. The highest BCUT2D eigenvalue weighted by Crippen LogP contribution is 2.33. The molecule has 0 radical (unpaired) electrons. The summed E-state index contributed by atoms with van der Waals surface area (Å²) in [6.07, 6.45) is 2.56. The number of nitrogens with zero attached hydrogens (tertiary/aromatic N) is 1. The Balaban J connectivity index is 1.63. The Bertz CT molecular complexity index is 1040. The van der Waals surface area contributed by atoms with E-state index in [1.54, 1.807) is 43.5 Å². The van der Waals surface area contributed by atoms with Crippen LogP contribution in [0.15, 0.2) is 42.5 Å². The van der Waals surface area contributed by atoms with Crippen molar-refractivity contribution in [2.45, 2.75) is 12.8 Å². The second-order valence-electron chi connectivity index (χ2n) is 6.93.